The van der Waals surface area contributed by atoms with Crippen molar-refractivity contribution in [2.75, 3.05) is 19.8 Å². The van der Waals surface area contributed by atoms with E-state index in [0.29, 0.717) is 44.1 Å². The number of alkyl carbamates (subject to hydrolysis) is 1. The van der Waals surface area contributed by atoms with E-state index in [1.54, 1.807) is 12.1 Å². The second kappa shape index (κ2) is 10.4. The summed E-state index contributed by atoms with van der Waals surface area (Å²) in [6.07, 6.45) is 0.671. The standard InChI is InChI=1S/C18H27NO6/c1-18(2,3)25-17(22)19-11-7-13-24-15-9-5-4-8-14(15)23-12-6-10-16(20)21/h4-5,8-9H,6-7,10-13H2,1-3H3,(H,19,22)(H,20,21). The highest BCUT2D eigenvalue weighted by Crippen LogP contribution is 2.26. The molecule has 2 N–H and O–H groups in total. The first-order chi connectivity index (χ1) is 11.8. The van der Waals surface area contributed by atoms with Crippen LogP contribution in [0.4, 0.5) is 4.79 Å². The van der Waals surface area contributed by atoms with Crippen molar-refractivity contribution in [3.8, 4) is 11.5 Å². The van der Waals surface area contributed by atoms with Crippen LogP contribution in [0.1, 0.15) is 40.0 Å². The zero-order chi connectivity index (χ0) is 18.7. The molecule has 0 saturated heterocycles. The van der Waals surface area contributed by atoms with Gasteiger partial charge in [0.15, 0.2) is 11.5 Å². The molecule has 1 aromatic rings. The number of carbonyl (C=O) groups is 2. The number of benzene rings is 1. The molecule has 0 radical (unpaired) electrons. The molecule has 0 aliphatic heterocycles. The van der Waals surface area contributed by atoms with Gasteiger partial charge in [0, 0.05) is 13.0 Å². The van der Waals surface area contributed by atoms with Crippen LogP contribution in [0.5, 0.6) is 11.5 Å². The minimum Gasteiger partial charge on any atom is -0.490 e. The lowest BCUT2D eigenvalue weighted by atomic mass is 10.2. The lowest BCUT2D eigenvalue weighted by molar-refractivity contribution is -0.137. The fraction of sp³-hybridized carbons (Fsp3) is 0.556. The van der Waals surface area contributed by atoms with Crippen molar-refractivity contribution in [2.45, 2.75) is 45.6 Å². The van der Waals surface area contributed by atoms with E-state index in [1.807, 2.05) is 32.9 Å². The lowest BCUT2D eigenvalue weighted by Crippen LogP contribution is -2.33. The largest absolute Gasteiger partial charge is 0.490 e. The molecule has 0 unspecified atom stereocenters. The minimum absolute atomic E-state index is 0.0688. The van der Waals surface area contributed by atoms with E-state index in [4.69, 9.17) is 19.3 Å². The summed E-state index contributed by atoms with van der Waals surface area (Å²) < 4.78 is 16.4. The quantitative estimate of drug-likeness (QED) is 0.627. The Bertz CT molecular complexity index is 553. The third-order valence-electron chi connectivity index (χ3n) is 2.89. The highest BCUT2D eigenvalue weighted by atomic mass is 16.6. The summed E-state index contributed by atoms with van der Waals surface area (Å²) >= 11 is 0. The van der Waals surface area contributed by atoms with Gasteiger partial charge in [-0.25, -0.2) is 4.79 Å². The van der Waals surface area contributed by atoms with Gasteiger partial charge < -0.3 is 24.6 Å². The Morgan fingerprint density at radius 2 is 1.60 bits per heavy atom. The molecule has 7 heteroatoms. The molecular formula is C18H27NO6. The number of rotatable bonds is 10. The number of ether oxygens (including phenoxy) is 3. The monoisotopic (exact) mass is 353 g/mol. The molecule has 140 valence electrons. The summed E-state index contributed by atoms with van der Waals surface area (Å²) in [7, 11) is 0. The van der Waals surface area contributed by atoms with E-state index in [0.717, 1.165) is 0 Å². The first-order valence-corrected chi connectivity index (χ1v) is 8.31. The van der Waals surface area contributed by atoms with Crippen LogP contribution in [0.2, 0.25) is 0 Å². The van der Waals surface area contributed by atoms with Crippen LogP contribution in [-0.4, -0.2) is 42.5 Å². The van der Waals surface area contributed by atoms with Gasteiger partial charge in [-0.2, -0.15) is 0 Å². The molecule has 1 rings (SSSR count). The Morgan fingerprint density at radius 1 is 1.04 bits per heavy atom. The molecule has 0 bridgehead atoms. The Morgan fingerprint density at radius 3 is 2.12 bits per heavy atom. The van der Waals surface area contributed by atoms with Gasteiger partial charge in [-0.1, -0.05) is 12.1 Å². The number of aliphatic carboxylic acids is 1. The predicted molar refractivity (Wildman–Crippen MR) is 93.2 cm³/mol. The maximum absolute atomic E-state index is 11.5. The van der Waals surface area contributed by atoms with Crippen molar-refractivity contribution < 1.29 is 28.9 Å². The molecule has 1 amide bonds. The summed E-state index contributed by atoms with van der Waals surface area (Å²) in [5.74, 6) is 0.328. The van der Waals surface area contributed by atoms with Crippen LogP contribution in [-0.2, 0) is 9.53 Å². The molecule has 0 saturated carbocycles. The van der Waals surface area contributed by atoms with Gasteiger partial charge in [0.1, 0.15) is 5.60 Å². The van der Waals surface area contributed by atoms with Crippen LogP contribution in [0, 0.1) is 0 Å². The van der Waals surface area contributed by atoms with Crippen LogP contribution in [0.25, 0.3) is 0 Å². The van der Waals surface area contributed by atoms with Gasteiger partial charge in [-0.3, -0.25) is 4.79 Å². The summed E-state index contributed by atoms with van der Waals surface area (Å²) in [5, 5.41) is 11.3. The predicted octanol–water partition coefficient (Wildman–Crippen LogP) is 3.22. The topological polar surface area (TPSA) is 94.1 Å². The Hall–Kier alpha value is -2.44. The SMILES string of the molecule is CC(C)(C)OC(=O)NCCCOc1ccccc1OCCCC(=O)O. The molecular weight excluding hydrogens is 326 g/mol. The summed E-state index contributed by atoms with van der Waals surface area (Å²) in [6, 6.07) is 7.21. The van der Waals surface area contributed by atoms with Crippen molar-refractivity contribution >= 4 is 12.1 Å². The van der Waals surface area contributed by atoms with E-state index < -0.39 is 17.7 Å². The molecule has 0 spiro atoms. The highest BCUT2D eigenvalue weighted by molar-refractivity contribution is 5.67. The highest BCUT2D eigenvalue weighted by Gasteiger charge is 2.15. The van der Waals surface area contributed by atoms with Gasteiger partial charge >= 0.3 is 12.1 Å². The van der Waals surface area contributed by atoms with Crippen LogP contribution >= 0.6 is 0 Å². The lowest BCUT2D eigenvalue weighted by Gasteiger charge is -2.19. The van der Waals surface area contributed by atoms with Crippen molar-refractivity contribution in [3.05, 3.63) is 24.3 Å². The van der Waals surface area contributed by atoms with Crippen LogP contribution in [0.3, 0.4) is 0 Å². The molecule has 0 fully saturated rings. The zero-order valence-electron chi connectivity index (χ0n) is 15.0. The average molecular weight is 353 g/mol. The summed E-state index contributed by atoms with van der Waals surface area (Å²) in [4.78, 5) is 22.0. The Kier molecular flexibility index (Phi) is 8.60. The number of para-hydroxylation sites is 2. The Labute approximate surface area is 148 Å². The molecule has 7 nitrogen and oxygen atoms in total. The fourth-order valence-electron chi connectivity index (χ4n) is 1.85. The van der Waals surface area contributed by atoms with Crippen molar-refractivity contribution in [1.82, 2.24) is 5.32 Å². The zero-order valence-corrected chi connectivity index (χ0v) is 15.0. The summed E-state index contributed by atoms with van der Waals surface area (Å²) in [6.45, 7) is 6.59. The summed E-state index contributed by atoms with van der Waals surface area (Å²) in [5.41, 5.74) is -0.516. The molecule has 25 heavy (non-hydrogen) atoms. The molecule has 0 aliphatic carbocycles. The first-order valence-electron chi connectivity index (χ1n) is 8.31. The van der Waals surface area contributed by atoms with Gasteiger partial charge in [-0.05, 0) is 45.7 Å². The second-order valence-electron chi connectivity index (χ2n) is 6.42. The Balaban J connectivity index is 2.28. The third-order valence-corrected chi connectivity index (χ3v) is 2.89. The molecule has 0 atom stereocenters. The van der Waals surface area contributed by atoms with Crippen molar-refractivity contribution in [2.24, 2.45) is 0 Å². The van der Waals surface area contributed by atoms with Gasteiger partial charge in [0.05, 0.1) is 13.2 Å². The van der Waals surface area contributed by atoms with Crippen molar-refractivity contribution in [3.63, 3.8) is 0 Å². The maximum Gasteiger partial charge on any atom is 0.407 e. The van der Waals surface area contributed by atoms with E-state index in [-0.39, 0.29) is 6.42 Å². The van der Waals surface area contributed by atoms with E-state index in [2.05, 4.69) is 5.32 Å². The number of hydrogen-bond donors (Lipinski definition) is 2. The van der Waals surface area contributed by atoms with E-state index in [1.165, 1.54) is 0 Å². The first kappa shape index (κ1) is 20.6. The van der Waals surface area contributed by atoms with Gasteiger partial charge in [0.2, 0.25) is 0 Å². The van der Waals surface area contributed by atoms with Crippen molar-refractivity contribution in [1.29, 1.82) is 0 Å². The molecule has 1 aromatic carbocycles. The van der Waals surface area contributed by atoms with Crippen LogP contribution < -0.4 is 14.8 Å². The number of amides is 1. The fourth-order valence-corrected chi connectivity index (χ4v) is 1.85. The smallest absolute Gasteiger partial charge is 0.407 e. The van der Waals surface area contributed by atoms with Gasteiger partial charge in [-0.15, -0.1) is 0 Å². The second-order valence-corrected chi connectivity index (χ2v) is 6.42. The van der Waals surface area contributed by atoms with Gasteiger partial charge in [0.25, 0.3) is 0 Å². The molecule has 0 aromatic heterocycles. The third kappa shape index (κ3) is 10.1. The number of nitrogens with one attached hydrogen (secondary N) is 1. The molecule has 0 heterocycles. The number of carboxylic acids is 1. The van der Waals surface area contributed by atoms with E-state index >= 15 is 0 Å². The number of carbonyl (C=O) groups excluding carboxylic acids is 1. The number of carboxylic acid groups (broad SMARTS) is 1. The average Bonchev–Trinajstić information content (AvgIpc) is 2.50. The maximum atomic E-state index is 11.5. The van der Waals surface area contributed by atoms with E-state index in [9.17, 15) is 9.59 Å². The number of hydrogen-bond acceptors (Lipinski definition) is 5. The normalized spacial score (nSPS) is 10.8. The van der Waals surface area contributed by atoms with Crippen LogP contribution in [0.15, 0.2) is 24.3 Å². The minimum atomic E-state index is -0.842. The molecule has 0 aliphatic rings.